The van der Waals surface area contributed by atoms with Gasteiger partial charge in [-0.3, -0.25) is 0 Å². The molecule has 0 saturated carbocycles. The summed E-state index contributed by atoms with van der Waals surface area (Å²) in [7, 11) is 0.623. The van der Waals surface area contributed by atoms with Gasteiger partial charge in [-0.05, 0) is 28.1 Å². The first-order valence-electron chi connectivity index (χ1n) is 2.95. The largest absolute Gasteiger partial charge is 0.505 e. The van der Waals surface area contributed by atoms with Crippen LogP contribution in [0.5, 0.6) is 5.75 Å². The summed E-state index contributed by atoms with van der Waals surface area (Å²) in [5, 5.41) is 9.16. The molecule has 1 aromatic carbocycles. The van der Waals surface area contributed by atoms with Gasteiger partial charge >= 0.3 is 0 Å². The van der Waals surface area contributed by atoms with Gasteiger partial charge < -0.3 is 5.11 Å². The highest BCUT2D eigenvalue weighted by Crippen LogP contribution is 2.34. The summed E-state index contributed by atoms with van der Waals surface area (Å²) in [5.74, 6) is -1.81. The van der Waals surface area contributed by atoms with Gasteiger partial charge in [0, 0.05) is 10.7 Å². The average molecular weight is 290 g/mol. The van der Waals surface area contributed by atoms with Crippen molar-refractivity contribution in [3.63, 3.8) is 0 Å². The molecule has 0 saturated heterocycles. The van der Waals surface area contributed by atoms with Crippen LogP contribution in [0.3, 0.4) is 0 Å². The van der Waals surface area contributed by atoms with Crippen molar-refractivity contribution in [3.8, 4) is 5.75 Å². The Kier molecular flexibility index (Phi) is 2.84. The molecule has 0 amide bonds. The summed E-state index contributed by atoms with van der Waals surface area (Å²) < 4.78 is 34.5. The van der Waals surface area contributed by atoms with Crippen molar-refractivity contribution in [2.24, 2.45) is 0 Å². The van der Waals surface area contributed by atoms with Gasteiger partial charge in [0.2, 0.25) is 0 Å². The minimum atomic E-state index is -4.27. The number of aromatic hydroxyl groups is 1. The van der Waals surface area contributed by atoms with Crippen LogP contribution in [0.1, 0.15) is 0 Å². The summed E-state index contributed by atoms with van der Waals surface area (Å²) in [6, 6.07) is 2.06. The quantitative estimate of drug-likeness (QED) is 0.807. The van der Waals surface area contributed by atoms with Crippen LogP contribution >= 0.6 is 26.6 Å². The van der Waals surface area contributed by atoms with E-state index in [1.165, 1.54) is 6.07 Å². The second kappa shape index (κ2) is 3.43. The Hall–Kier alpha value is -0.330. The summed E-state index contributed by atoms with van der Waals surface area (Å²) in [4.78, 5) is -0.913. The van der Waals surface area contributed by atoms with Crippen LogP contribution in [0.4, 0.5) is 4.39 Å². The zero-order valence-electron chi connectivity index (χ0n) is 5.96. The predicted molar refractivity (Wildman–Crippen MR) is 48.8 cm³/mol. The van der Waals surface area contributed by atoms with Gasteiger partial charge in [-0.15, -0.1) is 0 Å². The molecule has 0 aromatic heterocycles. The Balaban J connectivity index is 3.62. The van der Waals surface area contributed by atoms with E-state index in [0.717, 1.165) is 6.07 Å². The highest BCUT2D eigenvalue weighted by atomic mass is 79.9. The molecule has 0 aliphatic rings. The van der Waals surface area contributed by atoms with Crippen molar-refractivity contribution in [2.75, 3.05) is 0 Å². The molecule has 1 rings (SSSR count). The maximum atomic E-state index is 12.9. The van der Waals surface area contributed by atoms with Gasteiger partial charge in [0.1, 0.15) is 5.82 Å². The maximum Gasteiger partial charge on any atom is 0.267 e. The van der Waals surface area contributed by atoms with Gasteiger partial charge in [0.05, 0.1) is 4.47 Å². The van der Waals surface area contributed by atoms with Gasteiger partial charge in [-0.2, -0.15) is 0 Å². The molecule has 1 aromatic rings. The molecule has 13 heavy (non-hydrogen) atoms. The molecule has 0 bridgehead atoms. The van der Waals surface area contributed by atoms with Gasteiger partial charge in [-0.1, -0.05) is 0 Å². The first-order chi connectivity index (χ1) is 5.84. The molecular formula is C6H3BrClFO3S. The van der Waals surface area contributed by atoms with E-state index in [1.54, 1.807) is 0 Å². The Labute approximate surface area is 86.7 Å². The maximum absolute atomic E-state index is 12.9. The second-order valence-corrected chi connectivity index (χ2v) is 5.50. The standard InChI is InChI=1S/C6H3BrClFO3S/c7-3-1-2-4(9)6(5(3)10)13(8,11)12/h1-2,10H. The zero-order valence-corrected chi connectivity index (χ0v) is 9.12. The number of hydrogen-bond donors (Lipinski definition) is 1. The number of phenols is 1. The van der Waals surface area contributed by atoms with E-state index in [4.69, 9.17) is 15.8 Å². The lowest BCUT2D eigenvalue weighted by atomic mass is 10.3. The molecule has 0 aliphatic heterocycles. The number of hydrogen-bond acceptors (Lipinski definition) is 3. The lowest BCUT2D eigenvalue weighted by Crippen LogP contribution is -1.96. The fourth-order valence-corrected chi connectivity index (χ4v) is 2.30. The lowest BCUT2D eigenvalue weighted by Gasteiger charge is -2.03. The van der Waals surface area contributed by atoms with E-state index in [0.29, 0.717) is 0 Å². The summed E-state index contributed by atoms with van der Waals surface area (Å²) in [6.45, 7) is 0. The van der Waals surface area contributed by atoms with Crippen LogP contribution in [-0.2, 0) is 9.05 Å². The number of halogens is 3. The van der Waals surface area contributed by atoms with E-state index in [-0.39, 0.29) is 4.47 Å². The monoisotopic (exact) mass is 288 g/mol. The molecule has 0 spiro atoms. The fraction of sp³-hybridized carbons (Fsp3) is 0. The molecule has 0 atom stereocenters. The van der Waals surface area contributed by atoms with Crippen LogP contribution in [0.2, 0.25) is 0 Å². The van der Waals surface area contributed by atoms with E-state index >= 15 is 0 Å². The zero-order chi connectivity index (χ0) is 10.2. The topological polar surface area (TPSA) is 54.4 Å². The molecule has 0 fully saturated rings. The van der Waals surface area contributed by atoms with Crippen molar-refractivity contribution in [1.82, 2.24) is 0 Å². The normalized spacial score (nSPS) is 11.6. The van der Waals surface area contributed by atoms with Crippen molar-refractivity contribution in [1.29, 1.82) is 0 Å². The second-order valence-electron chi connectivity index (χ2n) is 2.14. The van der Waals surface area contributed by atoms with Crippen LogP contribution < -0.4 is 0 Å². The predicted octanol–water partition coefficient (Wildman–Crippen LogP) is 2.22. The van der Waals surface area contributed by atoms with E-state index in [1.807, 2.05) is 0 Å². The Bertz CT molecular complexity index is 445. The van der Waals surface area contributed by atoms with E-state index < -0.39 is 25.5 Å². The molecule has 7 heteroatoms. The molecule has 0 unspecified atom stereocenters. The number of benzene rings is 1. The third kappa shape index (κ3) is 2.12. The third-order valence-corrected chi connectivity index (χ3v) is 3.26. The average Bonchev–Trinajstić information content (AvgIpc) is 1.95. The molecule has 72 valence electrons. The van der Waals surface area contributed by atoms with Gasteiger partial charge in [0.25, 0.3) is 9.05 Å². The van der Waals surface area contributed by atoms with Crippen LogP contribution in [0, 0.1) is 5.82 Å². The van der Waals surface area contributed by atoms with Crippen LogP contribution in [-0.4, -0.2) is 13.5 Å². The number of phenolic OH excluding ortho intramolecular Hbond substituents is 1. The Morgan fingerprint density at radius 2 is 2.00 bits per heavy atom. The molecule has 0 heterocycles. The van der Waals surface area contributed by atoms with E-state index in [2.05, 4.69) is 15.9 Å². The first kappa shape index (κ1) is 10.7. The van der Waals surface area contributed by atoms with Gasteiger partial charge in [-0.25, -0.2) is 12.8 Å². The minimum absolute atomic E-state index is 0.0631. The summed E-state index contributed by atoms with van der Waals surface area (Å²) >= 11 is 2.83. The molecule has 3 nitrogen and oxygen atoms in total. The summed E-state index contributed by atoms with van der Waals surface area (Å²) in [6.07, 6.45) is 0. The molecule has 1 N–H and O–H groups in total. The third-order valence-electron chi connectivity index (χ3n) is 1.28. The minimum Gasteiger partial charge on any atom is -0.505 e. The lowest BCUT2D eigenvalue weighted by molar-refractivity contribution is 0.442. The fourth-order valence-electron chi connectivity index (χ4n) is 0.754. The van der Waals surface area contributed by atoms with Gasteiger partial charge in [0.15, 0.2) is 10.6 Å². The number of rotatable bonds is 1. The Morgan fingerprint density at radius 1 is 1.46 bits per heavy atom. The molecule has 0 radical (unpaired) electrons. The van der Waals surface area contributed by atoms with Crippen molar-refractivity contribution < 1.29 is 17.9 Å². The summed E-state index contributed by atoms with van der Waals surface area (Å²) in [5.41, 5.74) is 0. The van der Waals surface area contributed by atoms with Crippen LogP contribution in [0.25, 0.3) is 0 Å². The SMILES string of the molecule is O=S(=O)(Cl)c1c(F)ccc(Br)c1O. The van der Waals surface area contributed by atoms with Crippen molar-refractivity contribution >= 4 is 35.7 Å². The van der Waals surface area contributed by atoms with E-state index in [9.17, 15) is 12.8 Å². The molecule has 0 aliphatic carbocycles. The van der Waals surface area contributed by atoms with Crippen molar-refractivity contribution in [2.45, 2.75) is 4.90 Å². The highest BCUT2D eigenvalue weighted by Gasteiger charge is 2.22. The highest BCUT2D eigenvalue weighted by molar-refractivity contribution is 9.10. The molecular weight excluding hydrogens is 286 g/mol. The Morgan fingerprint density at radius 3 is 2.38 bits per heavy atom. The smallest absolute Gasteiger partial charge is 0.267 e. The first-order valence-corrected chi connectivity index (χ1v) is 6.06. The van der Waals surface area contributed by atoms with Crippen molar-refractivity contribution in [3.05, 3.63) is 22.4 Å². The van der Waals surface area contributed by atoms with Crippen LogP contribution in [0.15, 0.2) is 21.5 Å².